The molecular formula is C12H12N4O4. The second-order valence-electron chi connectivity index (χ2n) is 4.16. The molecule has 0 aliphatic rings. The first-order chi connectivity index (χ1) is 9.45. The molecule has 1 amide bonds. The summed E-state index contributed by atoms with van der Waals surface area (Å²) in [7, 11) is 0. The minimum Gasteiger partial charge on any atom is -0.506 e. The Hall–Kier alpha value is -2.90. The molecule has 20 heavy (non-hydrogen) atoms. The molecule has 1 aromatic heterocycles. The van der Waals surface area contributed by atoms with E-state index in [1.807, 2.05) is 0 Å². The Kier molecular flexibility index (Phi) is 3.65. The van der Waals surface area contributed by atoms with Gasteiger partial charge in [-0.3, -0.25) is 19.6 Å². The number of hydrogen-bond donors (Lipinski definition) is 2. The Morgan fingerprint density at radius 3 is 2.85 bits per heavy atom. The van der Waals surface area contributed by atoms with Crippen LogP contribution in [0.1, 0.15) is 5.69 Å². The van der Waals surface area contributed by atoms with E-state index in [4.69, 9.17) is 0 Å². The Morgan fingerprint density at radius 2 is 2.25 bits per heavy atom. The topological polar surface area (TPSA) is 110 Å². The number of hydrogen-bond acceptors (Lipinski definition) is 5. The molecule has 0 bridgehead atoms. The SMILES string of the molecule is Cc1ccn(CC(=O)Nc2cc([N+](=O)[O-])ccc2O)n1. The number of rotatable bonds is 4. The van der Waals surface area contributed by atoms with Gasteiger partial charge in [0.05, 0.1) is 16.3 Å². The number of amides is 1. The maximum Gasteiger partial charge on any atom is 0.271 e. The highest BCUT2D eigenvalue weighted by molar-refractivity contribution is 5.92. The maximum absolute atomic E-state index is 11.8. The summed E-state index contributed by atoms with van der Waals surface area (Å²) in [6, 6.07) is 5.16. The van der Waals surface area contributed by atoms with Crippen LogP contribution < -0.4 is 5.32 Å². The van der Waals surface area contributed by atoms with E-state index in [1.54, 1.807) is 19.2 Å². The van der Waals surface area contributed by atoms with Crippen LogP contribution in [0.2, 0.25) is 0 Å². The van der Waals surface area contributed by atoms with Crippen LogP contribution in [0, 0.1) is 17.0 Å². The van der Waals surface area contributed by atoms with E-state index in [-0.39, 0.29) is 23.7 Å². The smallest absolute Gasteiger partial charge is 0.271 e. The summed E-state index contributed by atoms with van der Waals surface area (Å²) < 4.78 is 1.43. The fourth-order valence-electron chi connectivity index (χ4n) is 1.63. The van der Waals surface area contributed by atoms with Crippen molar-refractivity contribution >= 4 is 17.3 Å². The summed E-state index contributed by atoms with van der Waals surface area (Å²) in [4.78, 5) is 21.8. The molecular weight excluding hydrogens is 264 g/mol. The van der Waals surface area contributed by atoms with Gasteiger partial charge in [0, 0.05) is 18.3 Å². The number of phenolic OH excluding ortho intramolecular Hbond substituents is 1. The van der Waals surface area contributed by atoms with Crippen LogP contribution in [0.25, 0.3) is 0 Å². The van der Waals surface area contributed by atoms with Gasteiger partial charge in [0.25, 0.3) is 5.69 Å². The molecule has 0 aliphatic carbocycles. The molecule has 2 N–H and O–H groups in total. The maximum atomic E-state index is 11.8. The lowest BCUT2D eigenvalue weighted by Crippen LogP contribution is -2.19. The number of aryl methyl sites for hydroxylation is 1. The molecule has 0 aliphatic heterocycles. The predicted octanol–water partition coefficient (Wildman–Crippen LogP) is 1.44. The normalized spacial score (nSPS) is 10.2. The highest BCUT2D eigenvalue weighted by Gasteiger charge is 2.13. The summed E-state index contributed by atoms with van der Waals surface area (Å²) in [5.74, 6) is -0.676. The molecule has 0 atom stereocenters. The summed E-state index contributed by atoms with van der Waals surface area (Å²) in [5.41, 5.74) is 0.553. The number of nitro benzene ring substituents is 1. The van der Waals surface area contributed by atoms with Gasteiger partial charge in [-0.25, -0.2) is 0 Å². The van der Waals surface area contributed by atoms with Gasteiger partial charge in [-0.1, -0.05) is 0 Å². The van der Waals surface area contributed by atoms with E-state index in [9.17, 15) is 20.0 Å². The van der Waals surface area contributed by atoms with Gasteiger partial charge in [0.2, 0.25) is 5.91 Å². The van der Waals surface area contributed by atoms with Gasteiger partial charge in [-0.05, 0) is 19.1 Å². The summed E-state index contributed by atoms with van der Waals surface area (Å²) in [5, 5.41) is 26.7. The number of nitrogens with zero attached hydrogens (tertiary/aromatic N) is 3. The Labute approximate surface area is 113 Å². The zero-order valence-electron chi connectivity index (χ0n) is 10.6. The van der Waals surface area contributed by atoms with Crippen LogP contribution in [0.5, 0.6) is 5.75 Å². The van der Waals surface area contributed by atoms with Crippen LogP contribution in [0.4, 0.5) is 11.4 Å². The highest BCUT2D eigenvalue weighted by atomic mass is 16.6. The van der Waals surface area contributed by atoms with Crippen molar-refractivity contribution in [1.82, 2.24) is 9.78 Å². The number of aromatic hydroxyl groups is 1. The zero-order chi connectivity index (χ0) is 14.7. The fraction of sp³-hybridized carbons (Fsp3) is 0.167. The molecule has 0 saturated heterocycles. The molecule has 0 spiro atoms. The monoisotopic (exact) mass is 276 g/mol. The van der Waals surface area contributed by atoms with Crippen molar-refractivity contribution < 1.29 is 14.8 Å². The van der Waals surface area contributed by atoms with Gasteiger partial charge in [0.15, 0.2) is 0 Å². The molecule has 2 aromatic rings. The van der Waals surface area contributed by atoms with E-state index >= 15 is 0 Å². The molecule has 1 aromatic carbocycles. The van der Waals surface area contributed by atoms with Gasteiger partial charge >= 0.3 is 0 Å². The molecule has 8 heteroatoms. The molecule has 0 fully saturated rings. The van der Waals surface area contributed by atoms with Crippen molar-refractivity contribution in [2.45, 2.75) is 13.5 Å². The van der Waals surface area contributed by atoms with Gasteiger partial charge in [-0.2, -0.15) is 5.10 Å². The standard InChI is InChI=1S/C12H12N4O4/c1-8-4-5-15(14-8)7-12(18)13-10-6-9(16(19)20)2-3-11(10)17/h2-6,17H,7H2,1H3,(H,13,18). The average Bonchev–Trinajstić information content (AvgIpc) is 2.77. The second-order valence-corrected chi connectivity index (χ2v) is 4.16. The number of carbonyl (C=O) groups is 1. The molecule has 0 unspecified atom stereocenters. The van der Waals surface area contributed by atoms with Crippen molar-refractivity contribution in [2.24, 2.45) is 0 Å². The summed E-state index contributed by atoms with van der Waals surface area (Å²) >= 11 is 0. The zero-order valence-corrected chi connectivity index (χ0v) is 10.6. The van der Waals surface area contributed by atoms with Crippen LogP contribution in [-0.4, -0.2) is 25.7 Å². The summed E-state index contributed by atoms with van der Waals surface area (Å²) in [6.07, 6.45) is 1.64. The van der Waals surface area contributed by atoms with E-state index in [0.717, 1.165) is 23.9 Å². The number of nitrogens with one attached hydrogen (secondary N) is 1. The van der Waals surface area contributed by atoms with Gasteiger partial charge in [-0.15, -0.1) is 0 Å². The Morgan fingerprint density at radius 1 is 1.50 bits per heavy atom. The number of phenols is 1. The minimum atomic E-state index is -0.605. The van der Waals surface area contributed by atoms with Gasteiger partial charge in [0.1, 0.15) is 12.3 Å². The quantitative estimate of drug-likeness (QED) is 0.498. The molecule has 1 heterocycles. The molecule has 104 valence electrons. The third-order valence-electron chi connectivity index (χ3n) is 2.54. The average molecular weight is 276 g/mol. The number of benzene rings is 1. The number of carbonyl (C=O) groups excluding carboxylic acids is 1. The second kappa shape index (κ2) is 5.39. The number of non-ortho nitro benzene ring substituents is 1. The lowest BCUT2D eigenvalue weighted by Gasteiger charge is -2.07. The molecule has 8 nitrogen and oxygen atoms in total. The van der Waals surface area contributed by atoms with Crippen molar-refractivity contribution in [3.8, 4) is 5.75 Å². The number of nitro groups is 1. The summed E-state index contributed by atoms with van der Waals surface area (Å²) in [6.45, 7) is 1.75. The predicted molar refractivity (Wildman–Crippen MR) is 70.4 cm³/mol. The van der Waals surface area contributed by atoms with Gasteiger partial charge < -0.3 is 10.4 Å². The minimum absolute atomic E-state index is 0.00641. The van der Waals surface area contributed by atoms with Crippen LogP contribution in [0.3, 0.4) is 0 Å². The Balaban J connectivity index is 2.11. The first-order valence-electron chi connectivity index (χ1n) is 5.73. The number of anilines is 1. The first kappa shape index (κ1) is 13.5. The third-order valence-corrected chi connectivity index (χ3v) is 2.54. The molecule has 0 saturated carbocycles. The van der Waals surface area contributed by atoms with E-state index < -0.39 is 10.8 Å². The first-order valence-corrected chi connectivity index (χ1v) is 5.73. The van der Waals surface area contributed by atoms with Crippen molar-refractivity contribution in [1.29, 1.82) is 0 Å². The third kappa shape index (κ3) is 3.10. The fourth-order valence-corrected chi connectivity index (χ4v) is 1.63. The lowest BCUT2D eigenvalue weighted by atomic mass is 10.2. The van der Waals surface area contributed by atoms with Crippen molar-refractivity contribution in [3.63, 3.8) is 0 Å². The van der Waals surface area contributed by atoms with E-state index in [0.29, 0.717) is 0 Å². The largest absolute Gasteiger partial charge is 0.506 e. The van der Waals surface area contributed by atoms with E-state index in [1.165, 1.54) is 4.68 Å². The lowest BCUT2D eigenvalue weighted by molar-refractivity contribution is -0.384. The van der Waals surface area contributed by atoms with Crippen molar-refractivity contribution in [2.75, 3.05) is 5.32 Å². The highest BCUT2D eigenvalue weighted by Crippen LogP contribution is 2.27. The van der Waals surface area contributed by atoms with Crippen LogP contribution in [-0.2, 0) is 11.3 Å². The van der Waals surface area contributed by atoms with E-state index in [2.05, 4.69) is 10.4 Å². The molecule has 2 rings (SSSR count). The van der Waals surface area contributed by atoms with Crippen LogP contribution in [0.15, 0.2) is 30.5 Å². The van der Waals surface area contributed by atoms with Crippen molar-refractivity contribution in [3.05, 3.63) is 46.3 Å². The number of aromatic nitrogens is 2. The Bertz CT molecular complexity index is 665. The van der Waals surface area contributed by atoms with Crippen LogP contribution >= 0.6 is 0 Å². The molecule has 0 radical (unpaired) electrons.